The Bertz CT molecular complexity index is 1110. The lowest BCUT2D eigenvalue weighted by atomic mass is 10.1. The van der Waals surface area contributed by atoms with Gasteiger partial charge in [0.05, 0.1) is 11.9 Å². The maximum atomic E-state index is 12.4. The van der Waals surface area contributed by atoms with Crippen LogP contribution >= 0.6 is 0 Å². The first kappa shape index (κ1) is 14.8. The number of nitrogens with zero attached hydrogens (tertiary/aromatic N) is 5. The number of nitrogens with two attached hydrogens (primary N) is 1. The quantitative estimate of drug-likeness (QED) is 0.561. The number of anilines is 1. The number of aromatic amines is 1. The van der Waals surface area contributed by atoms with Crippen LogP contribution in [0.25, 0.3) is 16.9 Å². The summed E-state index contributed by atoms with van der Waals surface area (Å²) in [5.41, 5.74) is 8.24. The number of hydrogen-bond donors (Lipinski definition) is 2. The molecule has 3 N–H and O–H groups in total. The van der Waals surface area contributed by atoms with E-state index in [0.29, 0.717) is 22.7 Å². The number of H-pyrrole nitrogens is 1. The summed E-state index contributed by atoms with van der Waals surface area (Å²) in [6.45, 7) is 0. The predicted octanol–water partition coefficient (Wildman–Crippen LogP) is 3.08. The van der Waals surface area contributed by atoms with E-state index in [1.165, 1.54) is 10.6 Å². The van der Waals surface area contributed by atoms with E-state index in [-0.39, 0.29) is 11.4 Å². The zero-order valence-electron chi connectivity index (χ0n) is 13.0. The fourth-order valence-electron chi connectivity index (χ4n) is 2.42. The Labute approximate surface area is 141 Å². The normalized spacial score (nSPS) is 11.4. The number of rotatable bonds is 3. The van der Waals surface area contributed by atoms with Crippen LogP contribution in [0.4, 0.5) is 17.2 Å². The summed E-state index contributed by atoms with van der Waals surface area (Å²) in [5.74, 6) is 0.211. The maximum absolute atomic E-state index is 12.4. The molecule has 0 aliphatic carbocycles. The molecule has 0 atom stereocenters. The van der Waals surface area contributed by atoms with E-state index in [4.69, 9.17) is 5.73 Å². The van der Waals surface area contributed by atoms with Gasteiger partial charge in [-0.2, -0.15) is 4.52 Å². The molecule has 8 nitrogen and oxygen atoms in total. The minimum atomic E-state index is -0.279. The molecule has 4 rings (SSSR count). The Morgan fingerprint density at radius 3 is 2.68 bits per heavy atom. The largest absolute Gasteiger partial charge is 0.382 e. The molecule has 0 fully saturated rings. The summed E-state index contributed by atoms with van der Waals surface area (Å²) >= 11 is 0. The van der Waals surface area contributed by atoms with Crippen LogP contribution in [0.3, 0.4) is 0 Å². The summed E-state index contributed by atoms with van der Waals surface area (Å²) in [7, 11) is 0. The number of hydrogen-bond acceptors (Lipinski definition) is 6. The summed E-state index contributed by atoms with van der Waals surface area (Å²) in [6.07, 6.45) is 3.22. The first-order valence-electron chi connectivity index (χ1n) is 7.51. The molecule has 3 aromatic heterocycles. The van der Waals surface area contributed by atoms with Crippen LogP contribution in [0, 0.1) is 0 Å². The molecule has 1 aromatic carbocycles. The Balaban J connectivity index is 1.87. The van der Waals surface area contributed by atoms with Crippen LogP contribution in [0.5, 0.6) is 0 Å². The summed E-state index contributed by atoms with van der Waals surface area (Å²) in [5, 5.41) is 11.0. The molecular formula is C17H13N7O. The smallest absolute Gasteiger partial charge is 0.273 e. The molecule has 0 spiro atoms. The van der Waals surface area contributed by atoms with Gasteiger partial charge in [0.25, 0.3) is 5.56 Å². The second-order valence-electron chi connectivity index (χ2n) is 5.29. The van der Waals surface area contributed by atoms with Gasteiger partial charge in [0.1, 0.15) is 11.5 Å². The van der Waals surface area contributed by atoms with Crippen molar-refractivity contribution in [3.8, 4) is 11.3 Å². The Hall–Kier alpha value is -3.81. The van der Waals surface area contributed by atoms with Crippen LogP contribution in [-0.2, 0) is 0 Å². The van der Waals surface area contributed by atoms with Crippen molar-refractivity contribution in [2.75, 3.05) is 5.73 Å². The zero-order chi connectivity index (χ0) is 17.2. The minimum Gasteiger partial charge on any atom is -0.382 e. The van der Waals surface area contributed by atoms with Crippen molar-refractivity contribution in [2.24, 2.45) is 10.2 Å². The Morgan fingerprint density at radius 1 is 1.08 bits per heavy atom. The lowest BCUT2D eigenvalue weighted by Gasteiger charge is -2.01. The Morgan fingerprint density at radius 2 is 1.92 bits per heavy atom. The third-order valence-corrected chi connectivity index (χ3v) is 3.60. The molecule has 0 unspecified atom stereocenters. The number of azo groups is 1. The van der Waals surface area contributed by atoms with Gasteiger partial charge in [-0.3, -0.25) is 14.9 Å². The van der Waals surface area contributed by atoms with E-state index in [2.05, 4.69) is 25.3 Å². The SMILES string of the molecule is Nc1[nH]n2c(=O)cc(-c3ccccc3)nc2c1N=Nc1cccnc1. The van der Waals surface area contributed by atoms with E-state index < -0.39 is 0 Å². The van der Waals surface area contributed by atoms with Crippen LogP contribution in [-0.4, -0.2) is 19.6 Å². The van der Waals surface area contributed by atoms with Gasteiger partial charge in [-0.25, -0.2) is 4.98 Å². The van der Waals surface area contributed by atoms with Crippen molar-refractivity contribution in [1.82, 2.24) is 19.6 Å². The molecule has 122 valence electrons. The second-order valence-corrected chi connectivity index (χ2v) is 5.29. The van der Waals surface area contributed by atoms with Crippen molar-refractivity contribution < 1.29 is 0 Å². The molecule has 0 bridgehead atoms. The molecule has 0 aliphatic rings. The maximum Gasteiger partial charge on any atom is 0.273 e. The monoisotopic (exact) mass is 331 g/mol. The highest BCUT2D eigenvalue weighted by Crippen LogP contribution is 2.28. The molecule has 0 saturated heterocycles. The van der Waals surface area contributed by atoms with E-state index in [9.17, 15) is 4.79 Å². The fraction of sp³-hybridized carbons (Fsp3) is 0. The molecule has 0 radical (unpaired) electrons. The van der Waals surface area contributed by atoms with Crippen molar-refractivity contribution >= 4 is 22.8 Å². The number of fused-ring (bicyclic) bond motifs is 1. The number of nitrogens with one attached hydrogen (secondary N) is 1. The standard InChI is InChI=1S/C17H13N7O/c18-16-15(22-21-12-7-4-8-19-10-12)17-20-13(9-14(25)24(17)23-16)11-5-2-1-3-6-11/h1-10,23H,18H2. The predicted molar refractivity (Wildman–Crippen MR) is 94.1 cm³/mol. The van der Waals surface area contributed by atoms with Crippen LogP contribution in [0.1, 0.15) is 0 Å². The van der Waals surface area contributed by atoms with Gasteiger partial charge in [0.15, 0.2) is 11.3 Å². The third-order valence-electron chi connectivity index (χ3n) is 3.60. The molecule has 8 heteroatoms. The topological polar surface area (TPSA) is 114 Å². The number of nitrogen functional groups attached to an aromatic ring is 1. The number of benzene rings is 1. The van der Waals surface area contributed by atoms with Gasteiger partial charge in [-0.15, -0.1) is 10.2 Å². The van der Waals surface area contributed by atoms with Gasteiger partial charge < -0.3 is 5.73 Å². The molecule has 3 heterocycles. The average molecular weight is 331 g/mol. The zero-order valence-corrected chi connectivity index (χ0v) is 13.0. The summed E-state index contributed by atoms with van der Waals surface area (Å²) in [6, 6.07) is 14.4. The average Bonchev–Trinajstić information content (AvgIpc) is 2.97. The summed E-state index contributed by atoms with van der Waals surface area (Å²) < 4.78 is 1.25. The van der Waals surface area contributed by atoms with E-state index in [0.717, 1.165) is 5.56 Å². The minimum absolute atomic E-state index is 0.211. The molecular weight excluding hydrogens is 318 g/mol. The van der Waals surface area contributed by atoms with Gasteiger partial charge in [0.2, 0.25) is 0 Å². The lowest BCUT2D eigenvalue weighted by molar-refractivity contribution is 0.906. The van der Waals surface area contributed by atoms with Crippen molar-refractivity contribution in [3.05, 3.63) is 71.3 Å². The van der Waals surface area contributed by atoms with Gasteiger partial charge >= 0.3 is 0 Å². The van der Waals surface area contributed by atoms with Gasteiger partial charge in [-0.1, -0.05) is 30.3 Å². The lowest BCUT2D eigenvalue weighted by Crippen LogP contribution is -2.14. The van der Waals surface area contributed by atoms with Crippen LogP contribution in [0.15, 0.2) is 75.9 Å². The van der Waals surface area contributed by atoms with Crippen LogP contribution in [0.2, 0.25) is 0 Å². The first-order valence-corrected chi connectivity index (χ1v) is 7.51. The van der Waals surface area contributed by atoms with E-state index >= 15 is 0 Å². The molecule has 0 amide bonds. The highest BCUT2D eigenvalue weighted by molar-refractivity contribution is 5.77. The fourth-order valence-corrected chi connectivity index (χ4v) is 2.42. The van der Waals surface area contributed by atoms with E-state index in [1.54, 1.807) is 24.5 Å². The molecule has 0 saturated carbocycles. The highest BCUT2D eigenvalue weighted by Gasteiger charge is 2.14. The number of aromatic nitrogens is 4. The summed E-state index contributed by atoms with van der Waals surface area (Å²) in [4.78, 5) is 20.9. The van der Waals surface area contributed by atoms with Crippen molar-refractivity contribution in [1.29, 1.82) is 0 Å². The first-order chi connectivity index (χ1) is 12.2. The Kier molecular flexibility index (Phi) is 3.55. The molecule has 0 aliphatic heterocycles. The highest BCUT2D eigenvalue weighted by atomic mass is 16.1. The van der Waals surface area contributed by atoms with Crippen molar-refractivity contribution in [2.45, 2.75) is 0 Å². The van der Waals surface area contributed by atoms with Gasteiger partial charge in [-0.05, 0) is 12.1 Å². The molecule has 4 aromatic rings. The van der Waals surface area contributed by atoms with E-state index in [1.807, 2.05) is 30.3 Å². The number of pyridine rings is 1. The van der Waals surface area contributed by atoms with Crippen LogP contribution < -0.4 is 11.3 Å². The van der Waals surface area contributed by atoms with Gasteiger partial charge in [0, 0.05) is 17.8 Å². The molecule has 25 heavy (non-hydrogen) atoms. The third kappa shape index (κ3) is 2.76. The van der Waals surface area contributed by atoms with Crippen molar-refractivity contribution in [3.63, 3.8) is 0 Å². The second kappa shape index (κ2) is 6.00.